The fourth-order valence-electron chi connectivity index (χ4n) is 3.31. The van der Waals surface area contributed by atoms with Gasteiger partial charge in [-0.2, -0.15) is 0 Å². The van der Waals surface area contributed by atoms with Crippen molar-refractivity contribution in [1.29, 1.82) is 0 Å². The number of rotatable bonds is 13. The number of nitrogens with zero attached hydrogens (tertiary/aromatic N) is 1. The number of halogens is 1. The monoisotopic (exact) mass is 450 g/mol. The van der Waals surface area contributed by atoms with E-state index in [9.17, 15) is 13.6 Å². The van der Waals surface area contributed by atoms with Crippen molar-refractivity contribution < 1.29 is 13.6 Å². The topological polar surface area (TPSA) is 78.8 Å². The number of nitrogens with one attached hydrogen (secondary N) is 1. The van der Waals surface area contributed by atoms with Crippen LogP contribution in [0.3, 0.4) is 0 Å². The molecule has 0 radical (unpaired) electrons. The van der Waals surface area contributed by atoms with Gasteiger partial charge in [0.1, 0.15) is 5.71 Å². The van der Waals surface area contributed by atoms with E-state index >= 15 is 0 Å². The van der Waals surface area contributed by atoms with Gasteiger partial charge in [-0.05, 0) is 24.6 Å². The lowest BCUT2D eigenvalue weighted by molar-refractivity contribution is 0.319. The third kappa shape index (κ3) is 8.00. The molecule has 2 rings (SSSR count). The molecule has 0 atom stereocenters. The summed E-state index contributed by atoms with van der Waals surface area (Å²) in [6.07, 6.45) is 8.69. The van der Waals surface area contributed by atoms with E-state index in [0.717, 1.165) is 19.3 Å². The van der Waals surface area contributed by atoms with E-state index in [2.05, 4.69) is 16.8 Å². The normalized spacial score (nSPS) is 12.1. The molecule has 0 saturated heterocycles. The summed E-state index contributed by atoms with van der Waals surface area (Å²) >= 11 is 6.13. The molecule has 0 heterocycles. The van der Waals surface area contributed by atoms with E-state index in [-0.39, 0.29) is 11.5 Å². The minimum absolute atomic E-state index is 0.0565. The highest BCUT2D eigenvalue weighted by Gasteiger charge is 2.18. The Kier molecular flexibility index (Phi) is 10.2. The van der Waals surface area contributed by atoms with Crippen molar-refractivity contribution in [3.8, 4) is 0 Å². The zero-order chi connectivity index (χ0) is 21.8. The maximum atomic E-state index is 12.6. The lowest BCUT2D eigenvalue weighted by Crippen LogP contribution is -2.19. The van der Waals surface area contributed by atoms with Crippen molar-refractivity contribution in [2.75, 3.05) is 10.5 Å². The van der Waals surface area contributed by atoms with Crippen molar-refractivity contribution in [3.63, 3.8) is 0 Å². The zero-order valence-corrected chi connectivity index (χ0v) is 19.1. The molecule has 2 N–H and O–H groups in total. The van der Waals surface area contributed by atoms with Crippen molar-refractivity contribution in [1.82, 2.24) is 0 Å². The molecule has 0 unspecified atom stereocenters. The van der Waals surface area contributed by atoms with Gasteiger partial charge in [-0.3, -0.25) is 4.72 Å². The Hall–Kier alpha value is -2.05. The number of unbranched alkanes of at least 4 members (excludes halogenated alkanes) is 7. The number of oxime groups is 1. The molecule has 5 nitrogen and oxygen atoms in total. The third-order valence-electron chi connectivity index (χ3n) is 4.92. The molecule has 0 aliphatic heterocycles. The van der Waals surface area contributed by atoms with Crippen LogP contribution in [0, 0.1) is 0 Å². The lowest BCUT2D eigenvalue weighted by Gasteiger charge is -2.14. The number of sulfonamides is 1. The van der Waals surface area contributed by atoms with Gasteiger partial charge in [0.25, 0.3) is 0 Å². The average Bonchev–Trinajstić information content (AvgIpc) is 2.73. The fraction of sp³-hybridized carbons (Fsp3) is 0.435. The third-order valence-corrected chi connectivity index (χ3v) is 6.51. The van der Waals surface area contributed by atoms with Crippen LogP contribution in [0.25, 0.3) is 0 Å². The summed E-state index contributed by atoms with van der Waals surface area (Å²) < 4.78 is 27.9. The molecule has 0 aromatic heterocycles. The highest BCUT2D eigenvalue weighted by atomic mass is 35.5. The molecule has 0 saturated carbocycles. The van der Waals surface area contributed by atoms with Crippen LogP contribution < -0.4 is 4.72 Å². The first-order valence-corrected chi connectivity index (χ1v) is 12.6. The van der Waals surface area contributed by atoms with Crippen LogP contribution in [0.1, 0.15) is 69.4 Å². The SMILES string of the molecule is CCCCCCCCCCS(=O)(=O)Nc1ccc(Cl)cc1C(=NO)c1ccccc1. The Morgan fingerprint density at radius 3 is 2.23 bits per heavy atom. The van der Waals surface area contributed by atoms with Crippen molar-refractivity contribution in [2.45, 2.75) is 58.3 Å². The Morgan fingerprint density at radius 2 is 1.60 bits per heavy atom. The molecule has 164 valence electrons. The molecule has 0 amide bonds. The zero-order valence-electron chi connectivity index (χ0n) is 17.5. The van der Waals surface area contributed by atoms with Gasteiger partial charge in [-0.15, -0.1) is 0 Å². The summed E-state index contributed by atoms with van der Waals surface area (Å²) in [6, 6.07) is 13.9. The van der Waals surface area contributed by atoms with Crippen LogP contribution in [0.15, 0.2) is 53.7 Å². The van der Waals surface area contributed by atoms with Gasteiger partial charge in [-0.25, -0.2) is 8.42 Å². The predicted octanol–water partition coefficient (Wildman–Crippen LogP) is 6.45. The lowest BCUT2D eigenvalue weighted by atomic mass is 10.0. The molecule has 0 fully saturated rings. The standard InChI is InChI=1S/C23H31ClN2O3S/c1-2-3-4-5-6-7-8-12-17-30(28,29)26-22-16-15-20(24)18-21(22)23(25-27)19-13-10-9-11-14-19/h9-11,13-16,18,26-27H,2-8,12,17H2,1H3. The molecular weight excluding hydrogens is 420 g/mol. The van der Waals surface area contributed by atoms with Gasteiger partial charge >= 0.3 is 0 Å². The maximum Gasteiger partial charge on any atom is 0.232 e. The molecule has 2 aromatic carbocycles. The molecule has 7 heteroatoms. The summed E-state index contributed by atoms with van der Waals surface area (Å²) in [6.45, 7) is 2.19. The number of hydrogen-bond donors (Lipinski definition) is 2. The minimum Gasteiger partial charge on any atom is -0.410 e. The fourth-order valence-corrected chi connectivity index (χ4v) is 4.68. The quantitative estimate of drug-likeness (QED) is 0.159. The van der Waals surface area contributed by atoms with Crippen molar-refractivity contribution >= 4 is 33.0 Å². The van der Waals surface area contributed by atoms with Crippen LogP contribution >= 0.6 is 11.6 Å². The summed E-state index contributed by atoms with van der Waals surface area (Å²) in [4.78, 5) is 0. The largest absolute Gasteiger partial charge is 0.410 e. The summed E-state index contributed by atoms with van der Waals surface area (Å²) in [5.41, 5.74) is 1.68. The Labute approximate surface area is 185 Å². The van der Waals surface area contributed by atoms with Crippen molar-refractivity contribution in [3.05, 3.63) is 64.7 Å². The van der Waals surface area contributed by atoms with Crippen LogP contribution in [-0.4, -0.2) is 25.1 Å². The summed E-state index contributed by atoms with van der Waals surface area (Å²) in [5, 5.41) is 13.4. The van der Waals surface area contributed by atoms with E-state index in [0.29, 0.717) is 28.3 Å². The molecule has 0 spiro atoms. The van der Waals surface area contributed by atoms with Crippen LogP contribution in [0.5, 0.6) is 0 Å². The molecule has 0 bridgehead atoms. The van der Waals surface area contributed by atoms with E-state index in [1.165, 1.54) is 25.7 Å². The second kappa shape index (κ2) is 12.6. The van der Waals surface area contributed by atoms with E-state index in [1.54, 1.807) is 30.3 Å². The second-order valence-corrected chi connectivity index (χ2v) is 9.68. The smallest absolute Gasteiger partial charge is 0.232 e. The minimum atomic E-state index is -3.52. The Bertz CT molecular complexity index is 915. The molecule has 30 heavy (non-hydrogen) atoms. The summed E-state index contributed by atoms with van der Waals surface area (Å²) in [5.74, 6) is 0.0565. The van der Waals surface area contributed by atoms with E-state index < -0.39 is 10.0 Å². The number of anilines is 1. The van der Waals surface area contributed by atoms with Gasteiger partial charge in [-0.1, -0.05) is 99.0 Å². The van der Waals surface area contributed by atoms with Gasteiger partial charge in [0, 0.05) is 16.1 Å². The second-order valence-electron chi connectivity index (χ2n) is 7.40. The van der Waals surface area contributed by atoms with Crippen LogP contribution in [-0.2, 0) is 10.0 Å². The predicted molar refractivity (Wildman–Crippen MR) is 125 cm³/mol. The highest BCUT2D eigenvalue weighted by molar-refractivity contribution is 7.92. The van der Waals surface area contributed by atoms with Gasteiger partial charge in [0.05, 0.1) is 11.4 Å². The van der Waals surface area contributed by atoms with E-state index in [1.807, 2.05) is 18.2 Å². The molecule has 2 aromatic rings. The van der Waals surface area contributed by atoms with Gasteiger partial charge in [0.2, 0.25) is 10.0 Å². The molecule has 0 aliphatic carbocycles. The first kappa shape index (κ1) is 24.2. The van der Waals surface area contributed by atoms with E-state index in [4.69, 9.17) is 11.6 Å². The average molecular weight is 451 g/mol. The van der Waals surface area contributed by atoms with Crippen molar-refractivity contribution in [2.24, 2.45) is 5.16 Å². The Balaban J connectivity index is 2.02. The summed E-state index contributed by atoms with van der Waals surface area (Å²) in [7, 11) is -3.52. The van der Waals surface area contributed by atoms with Crippen LogP contribution in [0.4, 0.5) is 5.69 Å². The Morgan fingerprint density at radius 1 is 0.967 bits per heavy atom. The molecular formula is C23H31ClN2O3S. The number of benzene rings is 2. The maximum absolute atomic E-state index is 12.6. The number of hydrogen-bond acceptors (Lipinski definition) is 4. The van der Waals surface area contributed by atoms with Crippen LogP contribution in [0.2, 0.25) is 5.02 Å². The highest BCUT2D eigenvalue weighted by Crippen LogP contribution is 2.25. The first-order chi connectivity index (χ1) is 14.5. The van der Waals surface area contributed by atoms with Gasteiger partial charge < -0.3 is 5.21 Å². The molecule has 0 aliphatic rings. The first-order valence-electron chi connectivity index (χ1n) is 10.5. The van der Waals surface area contributed by atoms with Gasteiger partial charge in [0.15, 0.2) is 0 Å².